The van der Waals surface area contributed by atoms with Gasteiger partial charge in [-0.15, -0.1) is 12.4 Å². The Hall–Kier alpha value is -1.26. The number of nitrogens with two attached hydrogens (primary N) is 1. The van der Waals surface area contributed by atoms with Gasteiger partial charge in [0.1, 0.15) is 0 Å². The number of rotatable bonds is 5. The zero-order valence-electron chi connectivity index (χ0n) is 10.2. The van der Waals surface area contributed by atoms with Gasteiger partial charge in [0.2, 0.25) is 0 Å². The van der Waals surface area contributed by atoms with Crippen molar-refractivity contribution in [3.8, 4) is 0 Å². The average molecular weight is 259 g/mol. The highest BCUT2D eigenvalue weighted by molar-refractivity contribution is 5.98. The molecule has 0 atom stereocenters. The highest BCUT2D eigenvalue weighted by Gasteiger charge is 2.13. The van der Waals surface area contributed by atoms with E-state index in [0.29, 0.717) is 24.4 Å². The van der Waals surface area contributed by atoms with Crippen LogP contribution in [-0.2, 0) is 4.74 Å². The van der Waals surface area contributed by atoms with Crippen LogP contribution in [0.1, 0.15) is 16.8 Å². The predicted octanol–water partition coefficient (Wildman–Crippen LogP) is 1.80. The molecule has 1 aromatic rings. The number of nitrogen functional groups attached to an aromatic ring is 1. The van der Waals surface area contributed by atoms with E-state index < -0.39 is 0 Å². The summed E-state index contributed by atoms with van der Waals surface area (Å²) in [5, 5.41) is 0. The van der Waals surface area contributed by atoms with Crippen LogP contribution in [0.3, 0.4) is 0 Å². The van der Waals surface area contributed by atoms with Crippen molar-refractivity contribution in [2.75, 3.05) is 33.0 Å². The van der Waals surface area contributed by atoms with Crippen molar-refractivity contribution in [2.45, 2.75) is 6.42 Å². The molecule has 0 bridgehead atoms. The molecule has 0 unspecified atom stereocenters. The Labute approximate surface area is 108 Å². The van der Waals surface area contributed by atoms with Crippen molar-refractivity contribution in [2.24, 2.45) is 0 Å². The number of halogens is 1. The number of para-hydroxylation sites is 1. The fraction of sp³-hybridized carbons (Fsp3) is 0.417. The van der Waals surface area contributed by atoms with Gasteiger partial charge in [-0.1, -0.05) is 12.1 Å². The van der Waals surface area contributed by atoms with Gasteiger partial charge < -0.3 is 15.4 Å². The van der Waals surface area contributed by atoms with Crippen LogP contribution in [0.5, 0.6) is 0 Å². The number of carbonyl (C=O) groups is 1. The number of methoxy groups -OCH3 is 1. The van der Waals surface area contributed by atoms with E-state index in [1.54, 1.807) is 31.2 Å². The molecule has 0 saturated heterocycles. The molecule has 0 radical (unpaired) electrons. The molecule has 0 aliphatic rings. The lowest BCUT2D eigenvalue weighted by Crippen LogP contribution is -2.29. The second-order valence-electron chi connectivity index (χ2n) is 3.66. The van der Waals surface area contributed by atoms with E-state index in [-0.39, 0.29) is 18.3 Å². The monoisotopic (exact) mass is 258 g/mol. The lowest BCUT2D eigenvalue weighted by Gasteiger charge is -2.17. The molecular formula is C12H19ClN2O2. The van der Waals surface area contributed by atoms with E-state index in [0.717, 1.165) is 6.42 Å². The summed E-state index contributed by atoms with van der Waals surface area (Å²) in [6.45, 7) is 1.32. The van der Waals surface area contributed by atoms with E-state index in [1.807, 2.05) is 12.1 Å². The number of hydrogen-bond acceptors (Lipinski definition) is 3. The molecule has 1 amide bonds. The third-order valence-electron chi connectivity index (χ3n) is 2.38. The van der Waals surface area contributed by atoms with E-state index in [2.05, 4.69) is 0 Å². The Kier molecular flexibility index (Phi) is 7.34. The van der Waals surface area contributed by atoms with Crippen LogP contribution >= 0.6 is 12.4 Å². The first-order valence-electron chi connectivity index (χ1n) is 5.25. The molecule has 17 heavy (non-hydrogen) atoms. The SMILES string of the molecule is COCCCN(C)C(=O)c1ccccc1N.Cl. The summed E-state index contributed by atoms with van der Waals surface area (Å²) in [6, 6.07) is 7.10. The number of anilines is 1. The molecule has 0 heterocycles. The molecule has 2 N–H and O–H groups in total. The topological polar surface area (TPSA) is 55.6 Å². The molecule has 0 aliphatic carbocycles. The summed E-state index contributed by atoms with van der Waals surface area (Å²) in [5.74, 6) is -0.0470. The number of amides is 1. The second kappa shape index (κ2) is 7.92. The lowest BCUT2D eigenvalue weighted by atomic mass is 10.1. The minimum absolute atomic E-state index is 0. The predicted molar refractivity (Wildman–Crippen MR) is 71.6 cm³/mol. The number of benzene rings is 1. The van der Waals surface area contributed by atoms with Crippen molar-refractivity contribution in [1.82, 2.24) is 4.90 Å². The highest BCUT2D eigenvalue weighted by Crippen LogP contribution is 2.12. The molecular weight excluding hydrogens is 240 g/mol. The van der Waals surface area contributed by atoms with Crippen LogP contribution in [0.25, 0.3) is 0 Å². The van der Waals surface area contributed by atoms with Crippen molar-refractivity contribution in [3.05, 3.63) is 29.8 Å². The van der Waals surface area contributed by atoms with Gasteiger partial charge in [-0.05, 0) is 18.6 Å². The van der Waals surface area contributed by atoms with E-state index in [1.165, 1.54) is 0 Å². The molecule has 5 heteroatoms. The van der Waals surface area contributed by atoms with Gasteiger partial charge in [0.15, 0.2) is 0 Å². The van der Waals surface area contributed by atoms with Crippen LogP contribution in [0.15, 0.2) is 24.3 Å². The van der Waals surface area contributed by atoms with Crippen molar-refractivity contribution in [1.29, 1.82) is 0 Å². The Morgan fingerprint density at radius 3 is 2.65 bits per heavy atom. The van der Waals surface area contributed by atoms with Gasteiger partial charge in [0, 0.05) is 33.0 Å². The molecule has 0 fully saturated rings. The van der Waals surface area contributed by atoms with E-state index in [4.69, 9.17) is 10.5 Å². The molecule has 0 aliphatic heterocycles. The lowest BCUT2D eigenvalue weighted by molar-refractivity contribution is 0.0780. The van der Waals surface area contributed by atoms with Crippen LogP contribution in [0.4, 0.5) is 5.69 Å². The molecule has 0 aromatic heterocycles. The van der Waals surface area contributed by atoms with Crippen molar-refractivity contribution in [3.63, 3.8) is 0 Å². The van der Waals surface area contributed by atoms with Crippen LogP contribution < -0.4 is 5.73 Å². The Morgan fingerprint density at radius 1 is 1.41 bits per heavy atom. The number of carbonyl (C=O) groups excluding carboxylic acids is 1. The zero-order chi connectivity index (χ0) is 12.0. The molecule has 0 spiro atoms. The average Bonchev–Trinajstić information content (AvgIpc) is 2.29. The minimum atomic E-state index is -0.0470. The fourth-order valence-electron chi connectivity index (χ4n) is 1.44. The molecule has 96 valence electrons. The summed E-state index contributed by atoms with van der Waals surface area (Å²) in [6.07, 6.45) is 0.825. The van der Waals surface area contributed by atoms with Gasteiger partial charge in [-0.3, -0.25) is 4.79 Å². The first-order valence-corrected chi connectivity index (χ1v) is 5.25. The first-order chi connectivity index (χ1) is 7.66. The smallest absolute Gasteiger partial charge is 0.255 e. The third kappa shape index (κ3) is 4.63. The van der Waals surface area contributed by atoms with Gasteiger partial charge in [-0.25, -0.2) is 0 Å². The summed E-state index contributed by atoms with van der Waals surface area (Å²) >= 11 is 0. The Bertz CT molecular complexity index is 358. The number of hydrogen-bond donors (Lipinski definition) is 1. The quantitative estimate of drug-likeness (QED) is 0.647. The maximum atomic E-state index is 12.0. The normalized spacial score (nSPS) is 9.53. The zero-order valence-corrected chi connectivity index (χ0v) is 11.0. The Balaban J connectivity index is 0.00000256. The van der Waals surface area contributed by atoms with Gasteiger partial charge in [0.05, 0.1) is 5.56 Å². The number of ether oxygens (including phenoxy) is 1. The van der Waals surface area contributed by atoms with Gasteiger partial charge >= 0.3 is 0 Å². The highest BCUT2D eigenvalue weighted by atomic mass is 35.5. The maximum Gasteiger partial charge on any atom is 0.255 e. The van der Waals surface area contributed by atoms with Crippen molar-refractivity contribution >= 4 is 24.0 Å². The standard InChI is InChI=1S/C12H18N2O2.ClH/c1-14(8-5-9-16-2)12(15)10-6-3-4-7-11(10)13;/h3-4,6-7H,5,8-9,13H2,1-2H3;1H. The van der Waals surface area contributed by atoms with E-state index >= 15 is 0 Å². The van der Waals surface area contributed by atoms with Crippen molar-refractivity contribution < 1.29 is 9.53 Å². The molecule has 0 saturated carbocycles. The second-order valence-corrected chi connectivity index (χ2v) is 3.66. The minimum Gasteiger partial charge on any atom is -0.398 e. The van der Waals surface area contributed by atoms with Crippen LogP contribution in [-0.4, -0.2) is 38.1 Å². The van der Waals surface area contributed by atoms with Gasteiger partial charge in [0.25, 0.3) is 5.91 Å². The first kappa shape index (κ1) is 15.7. The van der Waals surface area contributed by atoms with E-state index in [9.17, 15) is 4.79 Å². The third-order valence-corrected chi connectivity index (χ3v) is 2.38. The summed E-state index contributed by atoms with van der Waals surface area (Å²) in [5.41, 5.74) is 6.82. The molecule has 1 aromatic carbocycles. The summed E-state index contributed by atoms with van der Waals surface area (Å²) in [4.78, 5) is 13.6. The largest absolute Gasteiger partial charge is 0.398 e. The van der Waals surface area contributed by atoms with Gasteiger partial charge in [-0.2, -0.15) is 0 Å². The number of nitrogens with zero attached hydrogens (tertiary/aromatic N) is 1. The fourth-order valence-corrected chi connectivity index (χ4v) is 1.44. The summed E-state index contributed by atoms with van der Waals surface area (Å²) < 4.78 is 4.94. The summed E-state index contributed by atoms with van der Waals surface area (Å²) in [7, 11) is 3.42. The maximum absolute atomic E-state index is 12.0. The molecule has 1 rings (SSSR count). The molecule has 4 nitrogen and oxygen atoms in total. The van der Waals surface area contributed by atoms with Crippen LogP contribution in [0.2, 0.25) is 0 Å². The Morgan fingerprint density at radius 2 is 2.06 bits per heavy atom. The van der Waals surface area contributed by atoms with Crippen LogP contribution in [0, 0.1) is 0 Å².